The molecule has 5 aliphatic rings. The number of hydrogen-bond acceptors (Lipinski definition) is 10. The van der Waals surface area contributed by atoms with Crippen molar-refractivity contribution < 1.29 is 50.9 Å². The van der Waals surface area contributed by atoms with Crippen LogP contribution < -0.4 is 14.7 Å². The fourth-order valence-electron chi connectivity index (χ4n) is 20.6. The summed E-state index contributed by atoms with van der Waals surface area (Å²) in [5.41, 5.74) is 16.1. The Labute approximate surface area is 793 Å². The fraction of sp³-hybridized carbons (Fsp3) is 0.496. The van der Waals surface area contributed by atoms with E-state index in [1.807, 2.05) is 21.1 Å². The third kappa shape index (κ3) is 28.9. The second kappa shape index (κ2) is 50.6. The number of unbranched alkanes of at least 4 members (excludes halogenated alkanes) is 30. The molecule has 13 nitrogen and oxygen atoms in total. The first-order valence-corrected chi connectivity index (χ1v) is 53.9. The molecule has 0 bridgehead atoms. The Bertz CT molecular complexity index is 5470. The van der Waals surface area contributed by atoms with Gasteiger partial charge in [-0.2, -0.15) is 9.15 Å². The van der Waals surface area contributed by atoms with Crippen LogP contribution in [-0.2, 0) is 48.9 Å². The number of aliphatic hydroxyl groups excluding tert-OH is 1. The van der Waals surface area contributed by atoms with E-state index in [1.54, 1.807) is 0 Å². The summed E-state index contributed by atoms with van der Waals surface area (Å²) >= 11 is 5.08. The van der Waals surface area contributed by atoms with Crippen molar-refractivity contribution >= 4 is 103 Å². The molecule has 131 heavy (non-hydrogen) atoms. The monoisotopic (exact) mass is 1830 g/mol. The molecule has 0 aliphatic carbocycles. The lowest BCUT2D eigenvalue weighted by Crippen LogP contribution is -2.37. The first-order valence-electron chi connectivity index (χ1n) is 50.0. The van der Waals surface area contributed by atoms with E-state index in [-0.39, 0.29) is 34.9 Å². The maximum Gasteiger partial charge on any atom is 0.424 e. The summed E-state index contributed by atoms with van der Waals surface area (Å²) in [6.07, 6.45) is 72.1. The second-order valence-corrected chi connectivity index (χ2v) is 44.1. The minimum absolute atomic E-state index is 0.0755. The molecule has 1 unspecified atom stereocenters. The van der Waals surface area contributed by atoms with E-state index in [4.69, 9.17) is 25.4 Å². The van der Waals surface area contributed by atoms with Gasteiger partial charge in [-0.3, -0.25) is 13.6 Å². The minimum Gasteiger partial charge on any atom is -0.756 e. The Morgan fingerprint density at radius 3 is 1.02 bits per heavy atom. The van der Waals surface area contributed by atoms with Crippen LogP contribution in [0.3, 0.4) is 0 Å². The third-order valence-corrected chi connectivity index (χ3v) is 30.2. The number of phosphoric ester groups is 1. The number of halogens is 1. The normalized spacial score (nSPS) is 17.7. The lowest BCUT2D eigenvalue weighted by Gasteiger charge is -2.27. The van der Waals surface area contributed by atoms with Gasteiger partial charge < -0.3 is 33.3 Å². The predicted molar refractivity (Wildman–Crippen MR) is 558 cm³/mol. The molecule has 1 N–H and O–H groups in total. The van der Waals surface area contributed by atoms with Crippen LogP contribution in [0.1, 0.15) is 283 Å². The van der Waals surface area contributed by atoms with Gasteiger partial charge in [0.05, 0.1) is 51.8 Å². The number of anilines is 2. The van der Waals surface area contributed by atoms with E-state index in [0.717, 1.165) is 38.8 Å². The van der Waals surface area contributed by atoms with Crippen LogP contribution >= 0.6 is 26.0 Å². The molecule has 0 amide bonds. The van der Waals surface area contributed by atoms with Gasteiger partial charge in [-0.15, -0.1) is 0 Å². The van der Waals surface area contributed by atoms with Crippen LogP contribution in [0.5, 0.6) is 0 Å². The number of rotatable bonds is 50. The molecule has 1 saturated heterocycles. The summed E-state index contributed by atoms with van der Waals surface area (Å²) in [6, 6.07) is 53.7. The van der Waals surface area contributed by atoms with E-state index in [2.05, 4.69) is 328 Å². The number of likely N-dealkylation sites (N-methyl/N-ethyl adjacent to an activating group) is 1. The average molecular weight is 1840 g/mol. The van der Waals surface area contributed by atoms with Gasteiger partial charge >= 0.3 is 6.95 Å². The number of quaternary nitrogens is 1. The van der Waals surface area contributed by atoms with E-state index >= 15 is 0 Å². The summed E-state index contributed by atoms with van der Waals surface area (Å²) in [4.78, 5) is 17.1. The molecule has 0 saturated carbocycles. The van der Waals surface area contributed by atoms with Crippen LogP contribution in [0.15, 0.2) is 242 Å². The number of hydrogen-bond donors (Lipinski definition) is 1. The number of allylic oxidation sites excluding steroid dienone is 16. The van der Waals surface area contributed by atoms with Crippen molar-refractivity contribution in [2.45, 2.75) is 283 Å². The van der Waals surface area contributed by atoms with Crippen molar-refractivity contribution in [2.75, 3.05) is 97.7 Å². The first-order chi connectivity index (χ1) is 63.1. The summed E-state index contributed by atoms with van der Waals surface area (Å²) in [7, 11) is 6.22. The highest BCUT2D eigenvalue weighted by Gasteiger charge is 2.47. The third-order valence-electron chi connectivity index (χ3n) is 27.6. The van der Waals surface area contributed by atoms with Crippen LogP contribution in [0.2, 0.25) is 0 Å². The lowest BCUT2D eigenvalue weighted by molar-refractivity contribution is -0.870. The Hall–Kier alpha value is -7.87. The Kier molecular flexibility index (Phi) is 40.0. The van der Waals surface area contributed by atoms with Crippen LogP contribution in [0.25, 0.3) is 43.1 Å². The van der Waals surface area contributed by atoms with Gasteiger partial charge in [-0.05, 0) is 144 Å². The quantitative estimate of drug-likeness (QED) is 0.0129. The standard InChI is InChI=1S/C59H83N3O4P.C54H71N2O.C2H4ClO3P/c1-58(2)54(60(5)52-42-40-48-34-28-30-36-50(48)56(52)58)38-26-22-21-23-27-39-55-59(3,4)57-51-37-31-29-35-49(51)41-43-53(57)61(55)44-32-24-19-17-15-13-11-9-10-12-14-16-18-20-25-33-46-65-67(63,64)66-47-45-62(6,7)8;1-53(2)49(55(5)47-39-37-43-31-25-27-33-45(43)51(47)53)35-23-19-18-20-24-36-50-54(3,4)52-46-34-28-26-32-44(46)38-40-48(52)56(50)41-29-21-16-14-12-10-8-6-7-9-11-13-15-17-22-30-42-57;3-7(4)5-1-2-6-7/h21-23,26-31,34-43H,9-20,24-25,32-33,44-47H2,1-8H3;18-20,23-28,31-40,57H,6-17,21-22,29-30,41-42H2,1-5H3;1-2H2/q2*+1;. The van der Waals surface area contributed by atoms with Crippen molar-refractivity contribution in [1.82, 2.24) is 0 Å². The second-order valence-electron chi connectivity index (χ2n) is 40.0. The van der Waals surface area contributed by atoms with Gasteiger partial charge in [0, 0.05) is 99.9 Å². The molecule has 5 aliphatic heterocycles. The van der Waals surface area contributed by atoms with Gasteiger partial charge in [0.1, 0.15) is 27.2 Å². The number of benzene rings is 8. The average Bonchev–Trinajstić information content (AvgIpc) is 1.60. The van der Waals surface area contributed by atoms with Gasteiger partial charge in [-0.25, -0.2) is 4.57 Å². The van der Waals surface area contributed by atoms with E-state index < -0.39 is 14.8 Å². The highest BCUT2D eigenvalue weighted by Crippen LogP contribution is 2.57. The fourth-order valence-corrected chi connectivity index (χ4v) is 22.4. The van der Waals surface area contributed by atoms with Crippen molar-refractivity contribution in [3.63, 3.8) is 0 Å². The zero-order valence-corrected chi connectivity index (χ0v) is 84.6. The predicted octanol–water partition coefficient (Wildman–Crippen LogP) is 30.8. The molecule has 8 aromatic rings. The topological polar surface area (TPSA) is 127 Å². The SMILES string of the molecule is C[N+]1=C(/C=C/C=C/C=C/C=C2/N(CCCCCCCCCCCCCCCCCCO)c3ccc4ccccc4c3C2(C)C)C(C)(C)c2c1ccc1ccccc21.C[N+]1=C(/C=C/C=C/C=C/C=C2/N(CCCCCCCCCCCCCCCCCCOP(=O)([O-])OCC[N+](C)(C)C)c3ccc4ccccc4c3C2(C)C)C(C)(C)c2c1ccc1ccccc21.O=P1(Cl)OCCO1. The highest BCUT2D eigenvalue weighted by molar-refractivity contribution is 7.81. The van der Waals surface area contributed by atoms with Crippen LogP contribution in [0, 0.1) is 0 Å². The van der Waals surface area contributed by atoms with Crippen LogP contribution in [-0.4, -0.2) is 118 Å². The van der Waals surface area contributed by atoms with Crippen molar-refractivity contribution in [3.05, 3.63) is 264 Å². The van der Waals surface area contributed by atoms with Gasteiger partial charge in [0.2, 0.25) is 11.4 Å². The lowest BCUT2D eigenvalue weighted by atomic mass is 9.79. The summed E-state index contributed by atoms with van der Waals surface area (Å²) in [6.45, 7) is 20.1. The molecule has 5 heterocycles. The van der Waals surface area contributed by atoms with E-state index in [9.17, 15) is 14.0 Å². The van der Waals surface area contributed by atoms with E-state index in [1.165, 1.54) is 291 Å². The molecule has 706 valence electrons. The Morgan fingerprint density at radius 2 is 0.687 bits per heavy atom. The number of fused-ring (bicyclic) bond motifs is 12. The molecule has 0 aromatic heterocycles. The first kappa shape index (κ1) is 104. The molecule has 1 atom stereocenters. The Balaban J connectivity index is 0.000000237. The van der Waals surface area contributed by atoms with Crippen molar-refractivity contribution in [3.8, 4) is 0 Å². The molecule has 16 heteroatoms. The number of aliphatic hydroxyl groups is 1. The van der Waals surface area contributed by atoms with Gasteiger partial charge in [-0.1, -0.05) is 377 Å². The number of nitrogens with zero attached hydrogens (tertiary/aromatic N) is 5. The number of phosphoric acid groups is 1. The maximum absolute atomic E-state index is 11.9. The van der Waals surface area contributed by atoms with Gasteiger partial charge in [0.25, 0.3) is 7.82 Å². The zero-order valence-electron chi connectivity index (χ0n) is 82.0. The minimum atomic E-state index is -4.18. The molecule has 0 spiro atoms. The molecular formula is C115H158ClN5O8P2+2. The summed E-state index contributed by atoms with van der Waals surface area (Å²) in [5, 5.41) is 19.6. The zero-order chi connectivity index (χ0) is 93.3. The molecule has 13 rings (SSSR count). The summed E-state index contributed by atoms with van der Waals surface area (Å²) in [5.74, 6) is 0. The van der Waals surface area contributed by atoms with Crippen molar-refractivity contribution in [1.29, 1.82) is 0 Å². The Morgan fingerprint density at radius 1 is 0.397 bits per heavy atom. The molecular weight excluding hydrogens is 1680 g/mol. The maximum atomic E-state index is 11.9. The van der Waals surface area contributed by atoms with Crippen molar-refractivity contribution in [2.24, 2.45) is 0 Å². The molecule has 0 radical (unpaired) electrons. The highest BCUT2D eigenvalue weighted by atomic mass is 35.7. The van der Waals surface area contributed by atoms with Gasteiger partial charge in [0.15, 0.2) is 11.4 Å². The largest absolute Gasteiger partial charge is 0.756 e. The van der Waals surface area contributed by atoms with E-state index in [0.29, 0.717) is 30.8 Å². The summed E-state index contributed by atoms with van der Waals surface area (Å²) < 4.78 is 46.5. The smallest absolute Gasteiger partial charge is 0.424 e. The molecule has 1 fully saturated rings. The van der Waals surface area contributed by atoms with Crippen LogP contribution in [0.4, 0.5) is 22.7 Å². The molecule has 8 aromatic carbocycles.